The smallest absolute Gasteiger partial charge is 0.263 e. The highest BCUT2D eigenvalue weighted by Crippen LogP contribution is 2.23. The van der Waals surface area contributed by atoms with Crippen molar-refractivity contribution in [3.8, 4) is 17.6 Å². The third-order valence-electron chi connectivity index (χ3n) is 3.53. The van der Waals surface area contributed by atoms with Gasteiger partial charge in [0.05, 0.1) is 5.69 Å². The zero-order valence-corrected chi connectivity index (χ0v) is 13.8. The molecule has 0 aliphatic rings. The van der Waals surface area contributed by atoms with Gasteiger partial charge in [0.25, 0.3) is 5.91 Å². The van der Waals surface area contributed by atoms with Crippen molar-refractivity contribution in [2.45, 2.75) is 13.3 Å². The Bertz CT molecular complexity index is 821. The van der Waals surface area contributed by atoms with Crippen LogP contribution in [0.5, 0.6) is 11.5 Å². The van der Waals surface area contributed by atoms with Crippen LogP contribution in [-0.2, 0) is 11.2 Å². The van der Waals surface area contributed by atoms with Gasteiger partial charge in [-0.2, -0.15) is 5.26 Å². The van der Waals surface area contributed by atoms with Crippen molar-refractivity contribution in [3.63, 3.8) is 0 Å². The average molecular weight is 337 g/mol. The van der Waals surface area contributed by atoms with E-state index in [9.17, 15) is 15.0 Å². The molecular weight excluding hydrogens is 318 g/mol. The van der Waals surface area contributed by atoms with Crippen LogP contribution >= 0.6 is 0 Å². The predicted octanol–water partition coefficient (Wildman–Crippen LogP) is 2.58. The van der Waals surface area contributed by atoms with Crippen LogP contribution in [0.4, 0.5) is 5.69 Å². The van der Waals surface area contributed by atoms with E-state index in [1.54, 1.807) is 42.5 Å². The van der Waals surface area contributed by atoms with E-state index >= 15 is 0 Å². The van der Waals surface area contributed by atoms with E-state index in [0.29, 0.717) is 18.7 Å². The van der Waals surface area contributed by atoms with Crippen LogP contribution in [0.2, 0.25) is 0 Å². The third kappa shape index (κ3) is 5.29. The molecule has 0 atom stereocenters. The first-order valence-corrected chi connectivity index (χ1v) is 7.72. The highest BCUT2D eigenvalue weighted by molar-refractivity contribution is 5.97. The van der Waals surface area contributed by atoms with E-state index in [2.05, 4.69) is 10.6 Å². The number of rotatable bonds is 6. The van der Waals surface area contributed by atoms with Gasteiger partial charge in [-0.05, 0) is 48.7 Å². The summed E-state index contributed by atoms with van der Waals surface area (Å²) in [6.45, 7) is 2.21. The van der Waals surface area contributed by atoms with Gasteiger partial charge in [0.2, 0.25) is 0 Å². The number of hydrogen-bond acceptors (Lipinski definition) is 5. The number of anilines is 1. The van der Waals surface area contributed by atoms with E-state index in [1.807, 2.05) is 13.0 Å². The summed E-state index contributed by atoms with van der Waals surface area (Å²) < 4.78 is 0. The molecule has 0 unspecified atom stereocenters. The van der Waals surface area contributed by atoms with Crippen molar-refractivity contribution in [2.75, 3.05) is 11.9 Å². The average Bonchev–Trinajstić information content (AvgIpc) is 2.59. The number of aryl methyl sites for hydroxylation is 1. The Morgan fingerprint density at radius 3 is 2.56 bits per heavy atom. The summed E-state index contributed by atoms with van der Waals surface area (Å²) in [4.78, 5) is 12.0. The molecule has 1 amide bonds. The Morgan fingerprint density at radius 2 is 1.92 bits per heavy atom. The van der Waals surface area contributed by atoms with Gasteiger partial charge in [0.1, 0.15) is 23.1 Å². The van der Waals surface area contributed by atoms with Crippen molar-refractivity contribution in [3.05, 3.63) is 65.4 Å². The topological polar surface area (TPSA) is 105 Å². The van der Waals surface area contributed by atoms with E-state index in [1.165, 1.54) is 6.20 Å². The fourth-order valence-electron chi connectivity index (χ4n) is 2.14. The maximum atomic E-state index is 12.0. The number of phenols is 2. The van der Waals surface area contributed by atoms with Gasteiger partial charge in [0.15, 0.2) is 0 Å². The second kappa shape index (κ2) is 8.41. The van der Waals surface area contributed by atoms with E-state index in [0.717, 1.165) is 11.1 Å². The van der Waals surface area contributed by atoms with Crippen LogP contribution in [0.15, 0.2) is 54.2 Å². The second-order valence-electron chi connectivity index (χ2n) is 5.51. The summed E-state index contributed by atoms with van der Waals surface area (Å²) in [5.41, 5.74) is 2.18. The summed E-state index contributed by atoms with van der Waals surface area (Å²) in [5.74, 6) is -0.269. The van der Waals surface area contributed by atoms with Crippen molar-refractivity contribution in [2.24, 2.45) is 0 Å². The molecule has 0 bridgehead atoms. The fraction of sp³-hybridized carbons (Fsp3) is 0.158. The third-order valence-corrected chi connectivity index (χ3v) is 3.53. The van der Waals surface area contributed by atoms with Crippen LogP contribution in [0.1, 0.15) is 11.1 Å². The van der Waals surface area contributed by atoms with Crippen LogP contribution in [0.25, 0.3) is 0 Å². The zero-order chi connectivity index (χ0) is 18.2. The molecule has 128 valence electrons. The zero-order valence-electron chi connectivity index (χ0n) is 13.8. The largest absolute Gasteiger partial charge is 0.508 e. The number of aromatic hydroxyl groups is 2. The number of carbonyl (C=O) groups is 1. The van der Waals surface area contributed by atoms with Gasteiger partial charge >= 0.3 is 0 Å². The van der Waals surface area contributed by atoms with Gasteiger partial charge in [0, 0.05) is 12.7 Å². The maximum absolute atomic E-state index is 12.0. The lowest BCUT2D eigenvalue weighted by atomic mass is 10.1. The number of nitrogens with one attached hydrogen (secondary N) is 2. The van der Waals surface area contributed by atoms with Gasteiger partial charge in [-0.1, -0.05) is 18.2 Å². The molecule has 0 saturated heterocycles. The van der Waals surface area contributed by atoms with Gasteiger partial charge in [-0.25, -0.2) is 0 Å². The summed E-state index contributed by atoms with van der Waals surface area (Å²) in [7, 11) is 0. The Hall–Kier alpha value is -3.46. The maximum Gasteiger partial charge on any atom is 0.263 e. The highest BCUT2D eigenvalue weighted by atomic mass is 16.3. The van der Waals surface area contributed by atoms with Gasteiger partial charge in [-0.3, -0.25) is 4.79 Å². The molecule has 2 rings (SSSR count). The predicted molar refractivity (Wildman–Crippen MR) is 95.0 cm³/mol. The minimum absolute atomic E-state index is 0.0429. The lowest BCUT2D eigenvalue weighted by Crippen LogP contribution is -2.27. The number of nitrogens with zero attached hydrogens (tertiary/aromatic N) is 1. The Balaban J connectivity index is 1.91. The number of amides is 1. The molecule has 0 aliphatic carbocycles. The van der Waals surface area contributed by atoms with Gasteiger partial charge < -0.3 is 20.8 Å². The second-order valence-corrected chi connectivity index (χ2v) is 5.51. The SMILES string of the molecule is Cc1ccc(N/C=C(/C#N)C(=O)NCCc2ccc(O)cc2)c(O)c1. The molecule has 6 nitrogen and oxygen atoms in total. The summed E-state index contributed by atoms with van der Waals surface area (Å²) in [5, 5.41) is 33.6. The van der Waals surface area contributed by atoms with Crippen molar-refractivity contribution in [1.29, 1.82) is 5.26 Å². The first-order chi connectivity index (χ1) is 12.0. The van der Waals surface area contributed by atoms with Gasteiger partial charge in [-0.15, -0.1) is 0 Å². The van der Waals surface area contributed by atoms with E-state index in [-0.39, 0.29) is 17.1 Å². The van der Waals surface area contributed by atoms with Crippen molar-refractivity contribution < 1.29 is 15.0 Å². The standard InChI is InChI=1S/C19H19N3O3/c1-13-2-7-17(18(24)10-13)22-12-15(11-20)19(25)21-9-8-14-3-5-16(23)6-4-14/h2-7,10,12,22-24H,8-9H2,1H3,(H,21,25)/b15-12-. The molecule has 0 radical (unpaired) electrons. The molecular formula is C19H19N3O3. The Morgan fingerprint density at radius 1 is 1.20 bits per heavy atom. The first-order valence-electron chi connectivity index (χ1n) is 7.72. The van der Waals surface area contributed by atoms with Crippen LogP contribution in [-0.4, -0.2) is 22.7 Å². The first kappa shape index (κ1) is 17.9. The number of nitriles is 1. The Labute approximate surface area is 146 Å². The summed E-state index contributed by atoms with van der Waals surface area (Å²) >= 11 is 0. The molecule has 2 aromatic rings. The molecule has 4 N–H and O–H groups in total. The highest BCUT2D eigenvalue weighted by Gasteiger charge is 2.09. The molecule has 25 heavy (non-hydrogen) atoms. The van der Waals surface area contributed by atoms with E-state index < -0.39 is 5.91 Å². The van der Waals surface area contributed by atoms with Crippen LogP contribution in [0.3, 0.4) is 0 Å². The number of hydrogen-bond donors (Lipinski definition) is 4. The molecule has 0 fully saturated rings. The minimum atomic E-state index is -0.500. The minimum Gasteiger partial charge on any atom is -0.508 e. The summed E-state index contributed by atoms with van der Waals surface area (Å²) in [6.07, 6.45) is 1.84. The normalized spacial score (nSPS) is 10.8. The molecule has 2 aromatic carbocycles. The van der Waals surface area contributed by atoms with Crippen LogP contribution in [0, 0.1) is 18.3 Å². The quantitative estimate of drug-likeness (QED) is 0.368. The van der Waals surface area contributed by atoms with E-state index in [4.69, 9.17) is 5.26 Å². The molecule has 0 heterocycles. The number of carbonyl (C=O) groups excluding carboxylic acids is 1. The lowest BCUT2D eigenvalue weighted by molar-refractivity contribution is -0.117. The van der Waals surface area contributed by atoms with Crippen LogP contribution < -0.4 is 10.6 Å². The molecule has 0 aliphatic heterocycles. The Kier molecular flexibility index (Phi) is 6.02. The summed E-state index contributed by atoms with van der Waals surface area (Å²) in [6, 6.07) is 13.6. The molecule has 6 heteroatoms. The lowest BCUT2D eigenvalue weighted by Gasteiger charge is -2.07. The molecule has 0 spiro atoms. The number of phenolic OH excluding ortho intramolecular Hbond substituents is 2. The fourth-order valence-corrected chi connectivity index (χ4v) is 2.14. The molecule has 0 saturated carbocycles. The molecule has 0 aromatic heterocycles. The monoisotopic (exact) mass is 337 g/mol. The van der Waals surface area contributed by atoms with Crippen molar-refractivity contribution in [1.82, 2.24) is 5.32 Å². The van der Waals surface area contributed by atoms with Crippen molar-refractivity contribution >= 4 is 11.6 Å². The number of benzene rings is 2.